The van der Waals surface area contributed by atoms with Gasteiger partial charge < -0.3 is 15.4 Å². The molecular formula is C20H22N2O4. The summed E-state index contributed by atoms with van der Waals surface area (Å²) in [7, 11) is 1.30. The molecule has 0 fully saturated rings. The van der Waals surface area contributed by atoms with Crippen LogP contribution in [0.25, 0.3) is 0 Å². The van der Waals surface area contributed by atoms with Crippen LogP contribution in [-0.4, -0.2) is 31.4 Å². The Morgan fingerprint density at radius 3 is 2.15 bits per heavy atom. The second kappa shape index (κ2) is 8.80. The van der Waals surface area contributed by atoms with E-state index in [0.29, 0.717) is 34.8 Å². The molecule has 136 valence electrons. The van der Waals surface area contributed by atoms with Gasteiger partial charge in [-0.3, -0.25) is 9.59 Å². The summed E-state index contributed by atoms with van der Waals surface area (Å²) in [6.07, 6.45) is 0. The number of benzene rings is 2. The lowest BCUT2D eigenvalue weighted by Gasteiger charge is -2.12. The summed E-state index contributed by atoms with van der Waals surface area (Å²) in [4.78, 5) is 36.2. The Bertz CT molecular complexity index is 798. The van der Waals surface area contributed by atoms with Crippen molar-refractivity contribution in [2.45, 2.75) is 13.8 Å². The zero-order valence-corrected chi connectivity index (χ0v) is 15.0. The van der Waals surface area contributed by atoms with Crippen LogP contribution >= 0.6 is 0 Å². The molecule has 6 nitrogen and oxygen atoms in total. The van der Waals surface area contributed by atoms with Crippen LogP contribution in [-0.2, 0) is 4.74 Å². The molecule has 2 aromatic rings. The third-order valence-electron chi connectivity index (χ3n) is 3.66. The van der Waals surface area contributed by atoms with Gasteiger partial charge in [-0.25, -0.2) is 4.79 Å². The first kappa shape index (κ1) is 19.2. The van der Waals surface area contributed by atoms with Gasteiger partial charge in [0.25, 0.3) is 11.8 Å². The van der Waals surface area contributed by atoms with Crippen LogP contribution in [0.4, 0.5) is 5.69 Å². The maximum atomic E-state index is 12.4. The Labute approximate surface area is 152 Å². The molecule has 2 aromatic carbocycles. The molecule has 26 heavy (non-hydrogen) atoms. The van der Waals surface area contributed by atoms with Crippen LogP contribution in [0.15, 0.2) is 48.5 Å². The molecule has 0 heterocycles. The summed E-state index contributed by atoms with van der Waals surface area (Å²) in [5.74, 6) is -0.751. The number of anilines is 1. The van der Waals surface area contributed by atoms with Crippen molar-refractivity contribution in [3.63, 3.8) is 0 Å². The smallest absolute Gasteiger partial charge is 0.337 e. The van der Waals surface area contributed by atoms with E-state index in [4.69, 9.17) is 0 Å². The third kappa shape index (κ3) is 4.92. The predicted molar refractivity (Wildman–Crippen MR) is 99.3 cm³/mol. The van der Waals surface area contributed by atoms with Crippen molar-refractivity contribution in [2.75, 3.05) is 19.0 Å². The highest BCUT2D eigenvalue weighted by molar-refractivity contribution is 6.09. The lowest BCUT2D eigenvalue weighted by atomic mass is 10.1. The number of hydrogen-bond donors (Lipinski definition) is 2. The van der Waals surface area contributed by atoms with Gasteiger partial charge in [-0.15, -0.1) is 0 Å². The molecular weight excluding hydrogens is 332 g/mol. The average molecular weight is 354 g/mol. The van der Waals surface area contributed by atoms with Crippen LogP contribution < -0.4 is 10.6 Å². The minimum absolute atomic E-state index is 0.240. The maximum Gasteiger partial charge on any atom is 0.337 e. The van der Waals surface area contributed by atoms with Gasteiger partial charge in [0.05, 0.1) is 23.9 Å². The molecule has 0 spiro atoms. The SMILES string of the molecule is COC(=O)c1ccc(C(=O)Nc2ccccc2C(=O)NCC(C)C)cc1. The first-order valence-corrected chi connectivity index (χ1v) is 8.29. The van der Waals surface area contributed by atoms with Crippen molar-refractivity contribution in [3.05, 3.63) is 65.2 Å². The van der Waals surface area contributed by atoms with Crippen LogP contribution in [0.2, 0.25) is 0 Å². The van der Waals surface area contributed by atoms with Gasteiger partial charge in [0.1, 0.15) is 0 Å². The van der Waals surface area contributed by atoms with Crippen LogP contribution in [0.5, 0.6) is 0 Å². The van der Waals surface area contributed by atoms with Crippen molar-refractivity contribution >= 4 is 23.5 Å². The summed E-state index contributed by atoms with van der Waals surface area (Å²) in [5, 5.41) is 5.58. The van der Waals surface area contributed by atoms with E-state index in [1.165, 1.54) is 31.4 Å². The highest BCUT2D eigenvalue weighted by Gasteiger charge is 2.15. The zero-order chi connectivity index (χ0) is 19.1. The van der Waals surface area contributed by atoms with E-state index in [-0.39, 0.29) is 11.8 Å². The maximum absolute atomic E-state index is 12.4. The average Bonchev–Trinajstić information content (AvgIpc) is 2.66. The molecule has 0 atom stereocenters. The second-order valence-corrected chi connectivity index (χ2v) is 6.17. The van der Waals surface area contributed by atoms with Gasteiger partial charge in [0, 0.05) is 12.1 Å². The zero-order valence-electron chi connectivity index (χ0n) is 15.0. The van der Waals surface area contributed by atoms with Gasteiger partial charge in [0.15, 0.2) is 0 Å². The number of carbonyl (C=O) groups excluding carboxylic acids is 3. The van der Waals surface area contributed by atoms with Crippen molar-refractivity contribution in [2.24, 2.45) is 5.92 Å². The Kier molecular flexibility index (Phi) is 6.49. The number of ether oxygens (including phenoxy) is 1. The molecule has 2 amide bonds. The fourth-order valence-corrected chi connectivity index (χ4v) is 2.25. The summed E-state index contributed by atoms with van der Waals surface area (Å²) < 4.78 is 4.63. The predicted octanol–water partition coefficient (Wildman–Crippen LogP) is 3.11. The van der Waals surface area contributed by atoms with Crippen LogP contribution in [0, 0.1) is 5.92 Å². The summed E-state index contributed by atoms with van der Waals surface area (Å²) >= 11 is 0. The number of nitrogens with one attached hydrogen (secondary N) is 2. The summed E-state index contributed by atoms with van der Waals surface area (Å²) in [5.41, 5.74) is 1.55. The molecule has 0 bridgehead atoms. The monoisotopic (exact) mass is 354 g/mol. The Morgan fingerprint density at radius 2 is 1.54 bits per heavy atom. The highest BCUT2D eigenvalue weighted by atomic mass is 16.5. The van der Waals surface area contributed by atoms with E-state index in [1.54, 1.807) is 24.3 Å². The first-order valence-electron chi connectivity index (χ1n) is 8.29. The van der Waals surface area contributed by atoms with Crippen molar-refractivity contribution in [3.8, 4) is 0 Å². The molecule has 6 heteroatoms. The molecule has 0 unspecified atom stereocenters. The Balaban J connectivity index is 2.14. The summed E-state index contributed by atoms with van der Waals surface area (Å²) in [6, 6.07) is 12.9. The number of para-hydroxylation sites is 1. The Hall–Kier alpha value is -3.15. The number of carbonyl (C=O) groups is 3. The van der Waals surface area contributed by atoms with Crippen LogP contribution in [0.1, 0.15) is 44.9 Å². The minimum Gasteiger partial charge on any atom is -0.465 e. The standard InChI is InChI=1S/C20H22N2O4/c1-13(2)12-21-19(24)16-6-4-5-7-17(16)22-18(23)14-8-10-15(11-9-14)20(25)26-3/h4-11,13H,12H2,1-3H3,(H,21,24)(H,22,23). The lowest BCUT2D eigenvalue weighted by molar-refractivity contribution is 0.0600. The molecule has 0 aromatic heterocycles. The quantitative estimate of drug-likeness (QED) is 0.781. The topological polar surface area (TPSA) is 84.5 Å². The van der Waals surface area contributed by atoms with Crippen molar-refractivity contribution < 1.29 is 19.1 Å². The number of esters is 1. The highest BCUT2D eigenvalue weighted by Crippen LogP contribution is 2.17. The van der Waals surface area contributed by atoms with E-state index in [2.05, 4.69) is 15.4 Å². The summed E-state index contributed by atoms with van der Waals surface area (Å²) in [6.45, 7) is 4.56. The largest absolute Gasteiger partial charge is 0.465 e. The van der Waals surface area contributed by atoms with Crippen molar-refractivity contribution in [1.29, 1.82) is 0 Å². The molecule has 2 rings (SSSR count). The van der Waals surface area contributed by atoms with Gasteiger partial charge in [0.2, 0.25) is 0 Å². The number of hydrogen-bond acceptors (Lipinski definition) is 4. The van der Waals surface area contributed by atoms with Gasteiger partial charge >= 0.3 is 5.97 Å². The molecule has 0 aliphatic carbocycles. The third-order valence-corrected chi connectivity index (χ3v) is 3.66. The number of rotatable bonds is 6. The van der Waals surface area contributed by atoms with Gasteiger partial charge in [-0.1, -0.05) is 26.0 Å². The minimum atomic E-state index is -0.468. The van der Waals surface area contributed by atoms with E-state index in [0.717, 1.165) is 0 Å². The van der Waals surface area contributed by atoms with E-state index in [9.17, 15) is 14.4 Å². The van der Waals surface area contributed by atoms with Crippen molar-refractivity contribution in [1.82, 2.24) is 5.32 Å². The molecule has 2 N–H and O–H groups in total. The second-order valence-electron chi connectivity index (χ2n) is 6.17. The molecule has 0 saturated heterocycles. The molecule has 0 radical (unpaired) electrons. The lowest BCUT2D eigenvalue weighted by Crippen LogP contribution is -2.28. The van der Waals surface area contributed by atoms with E-state index in [1.807, 2.05) is 13.8 Å². The fraction of sp³-hybridized carbons (Fsp3) is 0.250. The molecule has 0 saturated carbocycles. The van der Waals surface area contributed by atoms with Crippen LogP contribution in [0.3, 0.4) is 0 Å². The first-order chi connectivity index (χ1) is 12.4. The normalized spacial score (nSPS) is 10.3. The number of methoxy groups -OCH3 is 1. The van der Waals surface area contributed by atoms with Gasteiger partial charge in [-0.05, 0) is 42.3 Å². The number of amides is 2. The van der Waals surface area contributed by atoms with Gasteiger partial charge in [-0.2, -0.15) is 0 Å². The van der Waals surface area contributed by atoms with E-state index >= 15 is 0 Å². The van der Waals surface area contributed by atoms with E-state index < -0.39 is 5.97 Å². The molecule has 0 aliphatic heterocycles. The fourth-order valence-electron chi connectivity index (χ4n) is 2.25. The molecule has 0 aliphatic rings. The Morgan fingerprint density at radius 1 is 0.923 bits per heavy atom.